The molecule has 0 atom stereocenters. The summed E-state index contributed by atoms with van der Waals surface area (Å²) in [7, 11) is 0. The fraction of sp³-hybridized carbons (Fsp3) is 0. The molecular weight excluding hydrogens is 220 g/mol. The molecule has 2 rings (SSSR count). The van der Waals surface area contributed by atoms with Crippen LogP contribution < -0.4 is 108 Å². The van der Waals surface area contributed by atoms with Crippen LogP contribution in [-0.2, 0) is 0 Å². The van der Waals surface area contributed by atoms with Gasteiger partial charge in [-0.2, -0.15) is 0 Å². The molecule has 0 saturated carbocycles. The first-order valence-corrected chi connectivity index (χ1v) is 3.24. The Labute approximate surface area is 161 Å². The first-order valence-electron chi connectivity index (χ1n) is 3.24. The number of amides is 2. The molecule has 2 amide bonds. The van der Waals surface area contributed by atoms with Gasteiger partial charge in [-0.1, -0.05) is 12.1 Å². The molecule has 0 radical (unpaired) electrons. The maximum absolute atomic E-state index is 10.9. The number of benzene rings is 1. The van der Waals surface area contributed by atoms with Gasteiger partial charge in [0.15, 0.2) is 0 Å². The quantitative estimate of drug-likeness (QED) is 0.354. The molecule has 1 aromatic rings. The van der Waals surface area contributed by atoms with Crippen molar-refractivity contribution in [2.24, 2.45) is 0 Å². The van der Waals surface area contributed by atoms with Crippen molar-refractivity contribution in [3.8, 4) is 0 Å². The van der Waals surface area contributed by atoms with E-state index in [1.807, 2.05) is 0 Å². The molecule has 1 aliphatic rings. The van der Waals surface area contributed by atoms with Crippen molar-refractivity contribution in [2.45, 2.75) is 0 Å². The summed E-state index contributed by atoms with van der Waals surface area (Å²) in [5, 5.41) is 2.20. The molecule has 5 heteroatoms. The minimum absolute atomic E-state index is 0. The fourth-order valence-corrected chi connectivity index (χ4v) is 1.12. The second-order valence-corrected chi connectivity index (χ2v) is 2.33. The summed E-state index contributed by atoms with van der Waals surface area (Å²) in [6, 6.07) is 6.74. The Bertz CT molecular complexity index is 319. The largest absolute Gasteiger partial charge is 1.00 e. The van der Waals surface area contributed by atoms with Crippen molar-refractivity contribution in [1.82, 2.24) is 5.32 Å². The predicted octanol–water partition coefficient (Wildman–Crippen LogP) is -5.42. The molecule has 3 nitrogen and oxygen atoms in total. The van der Waals surface area contributed by atoms with Crippen LogP contribution in [0.3, 0.4) is 0 Å². The number of nitrogens with one attached hydrogen (secondary N) is 1. The smallest absolute Gasteiger partial charge is 0.288 e. The summed E-state index contributed by atoms with van der Waals surface area (Å²) >= 11 is 0. The van der Waals surface area contributed by atoms with Gasteiger partial charge in [0.05, 0.1) is 11.1 Å². The zero-order valence-electron chi connectivity index (χ0n) is 7.63. The Hall–Kier alpha value is 1.63. The van der Waals surface area contributed by atoms with Gasteiger partial charge in [0.1, 0.15) is 0 Å². The summed E-state index contributed by atoms with van der Waals surface area (Å²) in [5.74, 6) is -0.601. The predicted molar refractivity (Wildman–Crippen MR) is 38.2 cm³/mol. The number of carbonyl (C=O) groups is 2. The van der Waals surface area contributed by atoms with Crippen molar-refractivity contribution in [1.29, 1.82) is 0 Å². The van der Waals surface area contributed by atoms with Crippen LogP contribution in [0.2, 0.25) is 0 Å². The molecule has 1 N–H and O–H groups in total. The molecule has 1 heterocycles. The van der Waals surface area contributed by atoms with Gasteiger partial charge < -0.3 is 0 Å². The minimum Gasteiger partial charge on any atom is -0.288 e. The Kier molecular flexibility index (Phi) is 7.05. The molecule has 1 aromatic carbocycles. The van der Waals surface area contributed by atoms with Crippen molar-refractivity contribution in [2.75, 3.05) is 0 Å². The van der Waals surface area contributed by atoms with E-state index in [0.29, 0.717) is 11.1 Å². The molecular formula is C8H5K2NO2+2. The van der Waals surface area contributed by atoms with Crippen LogP contribution in [0.25, 0.3) is 0 Å². The molecule has 54 valence electrons. The van der Waals surface area contributed by atoms with Gasteiger partial charge in [-0.3, -0.25) is 14.9 Å². The molecule has 0 saturated heterocycles. The molecule has 0 aromatic heterocycles. The van der Waals surface area contributed by atoms with E-state index < -0.39 is 0 Å². The Morgan fingerprint density at radius 2 is 1.23 bits per heavy atom. The molecule has 13 heavy (non-hydrogen) atoms. The normalized spacial score (nSPS) is 12.3. The summed E-state index contributed by atoms with van der Waals surface area (Å²) in [5.41, 5.74) is 0.940. The number of imide groups is 1. The standard InChI is InChI=1S/C8H5NO2.2K/c10-7-5-3-1-2-4-6(5)8(11)9-7;;/h1-4H,(H,9,10,11);;/q;2*+1. The van der Waals surface area contributed by atoms with Crippen LogP contribution in [-0.4, -0.2) is 11.8 Å². The van der Waals surface area contributed by atoms with Crippen LogP contribution in [0.1, 0.15) is 20.7 Å². The third-order valence-electron chi connectivity index (χ3n) is 1.64. The fourth-order valence-electron chi connectivity index (χ4n) is 1.12. The monoisotopic (exact) mass is 225 g/mol. The van der Waals surface area contributed by atoms with E-state index in [9.17, 15) is 9.59 Å². The van der Waals surface area contributed by atoms with Gasteiger partial charge in [0, 0.05) is 0 Å². The van der Waals surface area contributed by atoms with E-state index in [0.717, 1.165) is 0 Å². The number of carbonyl (C=O) groups excluding carboxylic acids is 2. The molecule has 0 aliphatic carbocycles. The van der Waals surface area contributed by atoms with Crippen LogP contribution in [0.5, 0.6) is 0 Å². The van der Waals surface area contributed by atoms with E-state index in [1.54, 1.807) is 24.3 Å². The third-order valence-corrected chi connectivity index (χ3v) is 1.64. The average molecular weight is 225 g/mol. The molecule has 0 fully saturated rings. The summed E-state index contributed by atoms with van der Waals surface area (Å²) < 4.78 is 0. The Morgan fingerprint density at radius 3 is 1.62 bits per heavy atom. The van der Waals surface area contributed by atoms with E-state index in [2.05, 4.69) is 5.32 Å². The van der Waals surface area contributed by atoms with Gasteiger partial charge in [0.25, 0.3) is 11.8 Å². The Balaban J connectivity index is 0.000000720. The maximum atomic E-state index is 10.9. The zero-order chi connectivity index (χ0) is 7.84. The summed E-state index contributed by atoms with van der Waals surface area (Å²) in [4.78, 5) is 21.9. The minimum atomic E-state index is -0.300. The van der Waals surface area contributed by atoms with Gasteiger partial charge in [0.2, 0.25) is 0 Å². The topological polar surface area (TPSA) is 46.2 Å². The summed E-state index contributed by atoms with van der Waals surface area (Å²) in [6.07, 6.45) is 0. The molecule has 0 unspecified atom stereocenters. The van der Waals surface area contributed by atoms with E-state index in [-0.39, 0.29) is 115 Å². The van der Waals surface area contributed by atoms with Crippen LogP contribution >= 0.6 is 0 Å². The van der Waals surface area contributed by atoms with Crippen molar-refractivity contribution in [3.05, 3.63) is 35.4 Å². The average Bonchev–Trinajstić information content (AvgIpc) is 2.30. The van der Waals surface area contributed by atoms with Crippen molar-refractivity contribution >= 4 is 11.8 Å². The van der Waals surface area contributed by atoms with Gasteiger partial charge >= 0.3 is 103 Å². The number of rotatable bonds is 0. The van der Waals surface area contributed by atoms with Crippen LogP contribution in [0.15, 0.2) is 24.3 Å². The van der Waals surface area contributed by atoms with E-state index in [1.165, 1.54) is 0 Å². The molecule has 0 spiro atoms. The number of hydrogen-bond donors (Lipinski definition) is 1. The van der Waals surface area contributed by atoms with Crippen molar-refractivity contribution in [3.63, 3.8) is 0 Å². The number of hydrogen-bond acceptors (Lipinski definition) is 2. The van der Waals surface area contributed by atoms with E-state index >= 15 is 0 Å². The summed E-state index contributed by atoms with van der Waals surface area (Å²) in [6.45, 7) is 0. The molecule has 0 bridgehead atoms. The molecule has 1 aliphatic heterocycles. The second kappa shape index (κ2) is 6.27. The maximum Gasteiger partial charge on any atom is 1.00 e. The third kappa shape index (κ3) is 3.04. The zero-order valence-corrected chi connectivity index (χ0v) is 13.9. The van der Waals surface area contributed by atoms with Crippen molar-refractivity contribution < 1.29 is 112 Å². The van der Waals surface area contributed by atoms with Crippen LogP contribution in [0, 0.1) is 0 Å². The first-order chi connectivity index (χ1) is 5.29. The van der Waals surface area contributed by atoms with E-state index in [4.69, 9.17) is 0 Å². The SMILES string of the molecule is O=C1NC(=O)c2ccccc21.[K+].[K+]. The first kappa shape index (κ1) is 14.6. The van der Waals surface area contributed by atoms with Gasteiger partial charge in [-0.25, -0.2) is 0 Å². The number of fused-ring (bicyclic) bond motifs is 1. The van der Waals surface area contributed by atoms with Gasteiger partial charge in [-0.15, -0.1) is 0 Å². The Morgan fingerprint density at radius 1 is 0.846 bits per heavy atom. The van der Waals surface area contributed by atoms with Crippen LogP contribution in [0.4, 0.5) is 0 Å². The second-order valence-electron chi connectivity index (χ2n) is 2.33. The van der Waals surface area contributed by atoms with Gasteiger partial charge in [-0.05, 0) is 12.1 Å².